The summed E-state index contributed by atoms with van der Waals surface area (Å²) in [6.45, 7) is 7.14. The van der Waals surface area contributed by atoms with Crippen molar-refractivity contribution in [2.24, 2.45) is 0 Å². The first-order valence-electron chi connectivity index (χ1n) is 20.7. The van der Waals surface area contributed by atoms with Gasteiger partial charge in [-0.2, -0.15) is 4.31 Å². The van der Waals surface area contributed by atoms with E-state index < -0.39 is 10.0 Å². The van der Waals surface area contributed by atoms with E-state index in [0.29, 0.717) is 45.0 Å². The minimum absolute atomic E-state index is 0. The van der Waals surface area contributed by atoms with Crippen molar-refractivity contribution in [1.82, 2.24) is 39.5 Å². The summed E-state index contributed by atoms with van der Waals surface area (Å²) in [5.41, 5.74) is 7.43. The van der Waals surface area contributed by atoms with Crippen molar-refractivity contribution in [3.63, 3.8) is 0 Å². The van der Waals surface area contributed by atoms with Crippen LogP contribution in [0.25, 0.3) is 45.1 Å². The van der Waals surface area contributed by atoms with E-state index >= 15 is 0 Å². The van der Waals surface area contributed by atoms with Crippen LogP contribution in [0.5, 0.6) is 11.5 Å². The maximum atomic E-state index is 11.7. The van der Waals surface area contributed by atoms with Crippen molar-refractivity contribution in [1.29, 1.82) is 0 Å². The van der Waals surface area contributed by atoms with Crippen LogP contribution in [0.1, 0.15) is 18.6 Å². The van der Waals surface area contributed by atoms with Crippen LogP contribution in [0.15, 0.2) is 133 Å². The first-order chi connectivity index (χ1) is 30.3. The van der Waals surface area contributed by atoms with Gasteiger partial charge in [-0.25, -0.2) is 28.4 Å². The number of nitrogens with one attached hydrogen (secondary N) is 3. The summed E-state index contributed by atoms with van der Waals surface area (Å²) in [5.74, 6) is 4.99. The molecule has 8 aromatic rings. The number of H-pyrrole nitrogens is 2. The number of anilines is 2. The van der Waals surface area contributed by atoms with Gasteiger partial charge in [-0.15, -0.1) is 0 Å². The van der Waals surface area contributed by atoms with E-state index in [1.54, 1.807) is 0 Å². The molecule has 0 unspecified atom stereocenters. The maximum Gasteiger partial charge on any atom is 0.211 e. The molecule has 2 saturated heterocycles. The van der Waals surface area contributed by atoms with Gasteiger partial charge in [0.25, 0.3) is 0 Å². The van der Waals surface area contributed by atoms with E-state index in [9.17, 15) is 8.42 Å². The zero-order valence-corrected chi connectivity index (χ0v) is 35.3. The molecular weight excluding hydrogens is 813 g/mol. The van der Waals surface area contributed by atoms with Crippen molar-refractivity contribution in [3.05, 3.63) is 145 Å². The van der Waals surface area contributed by atoms with Gasteiger partial charge in [0.15, 0.2) is 11.3 Å². The van der Waals surface area contributed by atoms with Gasteiger partial charge in [-0.3, -0.25) is 0 Å². The van der Waals surface area contributed by atoms with E-state index in [-0.39, 0.29) is 7.43 Å². The van der Waals surface area contributed by atoms with Gasteiger partial charge in [0.2, 0.25) is 10.0 Å². The number of sulfonamides is 1. The molecule has 0 aliphatic carbocycles. The van der Waals surface area contributed by atoms with Crippen molar-refractivity contribution < 1.29 is 17.9 Å². The predicted octanol–water partition coefficient (Wildman–Crippen LogP) is 7.54. The first-order valence-corrected chi connectivity index (χ1v) is 22.6. The fourth-order valence-corrected chi connectivity index (χ4v) is 8.26. The molecule has 4 aromatic carbocycles. The van der Waals surface area contributed by atoms with Crippen LogP contribution in [0, 0.1) is 0 Å². The van der Waals surface area contributed by atoms with Crippen molar-refractivity contribution in [2.75, 3.05) is 68.4 Å². The molecule has 0 amide bonds. The molecule has 14 nitrogen and oxygen atoms in total. The lowest BCUT2D eigenvalue weighted by Gasteiger charge is -2.33. The monoisotopic (exact) mass is 864 g/mol. The first kappa shape index (κ1) is 42.9. The van der Waals surface area contributed by atoms with Crippen LogP contribution in [0.2, 0.25) is 0 Å². The third kappa shape index (κ3) is 10.6. The molecule has 4 aromatic heterocycles. The number of ether oxygens (including phenoxy) is 2. The Kier molecular flexibility index (Phi) is 13.3. The lowest BCUT2D eigenvalue weighted by molar-refractivity contribution is 0.306. The average molecular weight is 865 g/mol. The molecule has 63 heavy (non-hydrogen) atoms. The molecule has 0 atom stereocenters. The molecule has 2 aliphatic heterocycles. The highest BCUT2D eigenvalue weighted by molar-refractivity contribution is 7.88. The highest BCUT2D eigenvalue weighted by atomic mass is 32.2. The van der Waals surface area contributed by atoms with Gasteiger partial charge in [0.1, 0.15) is 48.0 Å². The summed E-state index contributed by atoms with van der Waals surface area (Å²) in [5, 5.41) is 3.37. The number of hydrogen-bond donors (Lipinski definition) is 3. The molecule has 6 heterocycles. The standard InChI is InChI=1S/C24H25N5O3S.C23H23N5O.CH4/c1-33(30,31)29-15-13-28(14-16-29)22-12-11-21-24(26-22)27-23(25-21)19-7-9-20(10-8-19)32-17-18-5-3-2-4-6-18;1-2-4-17(5-3-1)16-29-19-8-6-18(7-9-19)22-25-20-10-11-21(26-23(20)27-22)28-14-12-24-13-15-28;/h2-12H,13-17H2,1H3,(H,25,26,27);1-11,24H,12-16H2,(H,25,26,27);1H4. The third-order valence-electron chi connectivity index (χ3n) is 10.9. The van der Waals surface area contributed by atoms with Crippen LogP contribution in [-0.2, 0) is 23.2 Å². The Hall–Kier alpha value is -6.81. The SMILES string of the molecule is C.CS(=O)(=O)N1CCN(c2ccc3[nH]c(-c4ccc(OCc5ccccc5)cc4)nc3n2)CC1.c1ccc(COc2ccc(-c3nc4nc(N5CCNCC5)ccc4[nH]3)cc2)cc1. The average Bonchev–Trinajstić information content (AvgIpc) is 3.96. The zero-order valence-electron chi connectivity index (χ0n) is 34.4. The highest BCUT2D eigenvalue weighted by Gasteiger charge is 2.24. The fourth-order valence-electron chi connectivity index (χ4n) is 7.43. The van der Waals surface area contributed by atoms with E-state index in [0.717, 1.165) is 99.9 Å². The number of imidazole rings is 2. The molecule has 2 aliphatic rings. The Labute approximate surface area is 368 Å². The normalized spacial score (nSPS) is 14.5. The Balaban J connectivity index is 0.000000171. The molecule has 15 heteroatoms. The molecular formula is C48H52N10O4S. The minimum atomic E-state index is -3.15. The largest absolute Gasteiger partial charge is 0.489 e. The van der Waals surface area contributed by atoms with Gasteiger partial charge >= 0.3 is 0 Å². The summed E-state index contributed by atoms with van der Waals surface area (Å²) in [6, 6.07) is 44.1. The summed E-state index contributed by atoms with van der Waals surface area (Å²) in [6.07, 6.45) is 1.25. The number of rotatable bonds is 11. The number of piperazine rings is 2. The van der Waals surface area contributed by atoms with Crippen LogP contribution in [0.4, 0.5) is 11.6 Å². The topological polar surface area (TPSA) is 157 Å². The van der Waals surface area contributed by atoms with Crippen molar-refractivity contribution in [2.45, 2.75) is 20.6 Å². The van der Waals surface area contributed by atoms with Crippen LogP contribution < -0.4 is 24.6 Å². The molecule has 324 valence electrons. The Morgan fingerprint density at radius 1 is 0.524 bits per heavy atom. The number of aromatic nitrogens is 6. The second kappa shape index (κ2) is 19.5. The highest BCUT2D eigenvalue weighted by Crippen LogP contribution is 2.27. The lowest BCUT2D eigenvalue weighted by Crippen LogP contribution is -2.48. The van der Waals surface area contributed by atoms with Gasteiger partial charge in [0.05, 0.1) is 17.3 Å². The molecule has 0 saturated carbocycles. The molecule has 10 rings (SSSR count). The number of fused-ring (bicyclic) bond motifs is 2. The Morgan fingerprint density at radius 2 is 0.952 bits per heavy atom. The number of hydrogen-bond acceptors (Lipinski definition) is 11. The second-order valence-electron chi connectivity index (χ2n) is 15.2. The number of nitrogens with zero attached hydrogens (tertiary/aromatic N) is 7. The Bertz CT molecular complexity index is 2820. The maximum absolute atomic E-state index is 11.7. The third-order valence-corrected chi connectivity index (χ3v) is 12.2. The quantitative estimate of drug-likeness (QED) is 0.118. The molecule has 3 N–H and O–H groups in total. The van der Waals surface area contributed by atoms with E-state index in [1.165, 1.54) is 10.6 Å². The van der Waals surface area contributed by atoms with E-state index in [2.05, 4.69) is 54.3 Å². The smallest absolute Gasteiger partial charge is 0.211 e. The molecule has 2 fully saturated rings. The number of pyridine rings is 2. The number of aromatic amines is 2. The van der Waals surface area contributed by atoms with Crippen LogP contribution >= 0.6 is 0 Å². The molecule has 0 spiro atoms. The molecule has 0 bridgehead atoms. The summed E-state index contributed by atoms with van der Waals surface area (Å²) < 4.78 is 36.7. The van der Waals surface area contributed by atoms with E-state index in [4.69, 9.17) is 24.4 Å². The van der Waals surface area contributed by atoms with Crippen LogP contribution in [-0.4, -0.2) is 101 Å². The lowest BCUT2D eigenvalue weighted by atomic mass is 10.2. The summed E-state index contributed by atoms with van der Waals surface area (Å²) in [4.78, 5) is 29.9. The Morgan fingerprint density at radius 3 is 1.38 bits per heavy atom. The van der Waals surface area contributed by atoms with Crippen molar-refractivity contribution in [3.8, 4) is 34.3 Å². The predicted molar refractivity (Wildman–Crippen MR) is 251 cm³/mol. The van der Waals surface area contributed by atoms with E-state index in [1.807, 2.05) is 109 Å². The summed E-state index contributed by atoms with van der Waals surface area (Å²) in [7, 11) is -3.15. The molecule has 0 radical (unpaired) electrons. The fraction of sp³-hybridized carbons (Fsp3) is 0.250. The van der Waals surface area contributed by atoms with Gasteiger partial charge < -0.3 is 34.6 Å². The summed E-state index contributed by atoms with van der Waals surface area (Å²) >= 11 is 0. The van der Waals surface area contributed by atoms with Gasteiger partial charge in [-0.05, 0) is 83.9 Å². The van der Waals surface area contributed by atoms with Gasteiger partial charge in [0, 0.05) is 63.5 Å². The zero-order chi connectivity index (χ0) is 42.3. The van der Waals surface area contributed by atoms with Crippen LogP contribution in [0.3, 0.4) is 0 Å². The second-order valence-corrected chi connectivity index (χ2v) is 17.2. The number of benzene rings is 4. The minimum Gasteiger partial charge on any atom is -0.489 e. The van der Waals surface area contributed by atoms with Crippen molar-refractivity contribution >= 4 is 44.0 Å². The van der Waals surface area contributed by atoms with Gasteiger partial charge in [-0.1, -0.05) is 68.1 Å².